The molecule has 144 valence electrons. The van der Waals surface area contributed by atoms with Gasteiger partial charge in [0, 0.05) is 11.5 Å². The van der Waals surface area contributed by atoms with Crippen molar-refractivity contribution in [3.63, 3.8) is 0 Å². The van der Waals surface area contributed by atoms with Gasteiger partial charge in [-0.25, -0.2) is 0 Å². The third-order valence-electron chi connectivity index (χ3n) is 4.15. The molecule has 5 heteroatoms. The van der Waals surface area contributed by atoms with Crippen LogP contribution in [0.1, 0.15) is 43.6 Å². The fourth-order valence-electron chi connectivity index (χ4n) is 2.61. The summed E-state index contributed by atoms with van der Waals surface area (Å²) in [6.07, 6.45) is 0.680. The molecule has 0 aromatic heterocycles. The van der Waals surface area contributed by atoms with Gasteiger partial charge in [-0.2, -0.15) is 0 Å². The maximum atomic E-state index is 12.7. The maximum absolute atomic E-state index is 12.7. The fourth-order valence-corrected chi connectivity index (χ4v) is 2.61. The molecule has 0 bridgehead atoms. The number of hydrogen-bond donors (Lipinski definition) is 2. The van der Waals surface area contributed by atoms with Gasteiger partial charge in [-0.05, 0) is 43.2 Å². The van der Waals surface area contributed by atoms with Crippen molar-refractivity contribution < 1.29 is 14.3 Å². The molecule has 2 aromatic carbocycles. The van der Waals surface area contributed by atoms with Crippen LogP contribution in [0.3, 0.4) is 0 Å². The van der Waals surface area contributed by atoms with Crippen LogP contribution in [-0.2, 0) is 11.2 Å². The van der Waals surface area contributed by atoms with Gasteiger partial charge in [0.1, 0.15) is 5.75 Å². The summed E-state index contributed by atoms with van der Waals surface area (Å²) in [5.74, 6) is 0.448. The van der Waals surface area contributed by atoms with Gasteiger partial charge in [-0.3, -0.25) is 9.59 Å². The van der Waals surface area contributed by atoms with E-state index in [0.717, 1.165) is 11.3 Å². The van der Waals surface area contributed by atoms with Crippen LogP contribution in [0.15, 0.2) is 48.5 Å². The third kappa shape index (κ3) is 5.84. The highest BCUT2D eigenvalue weighted by molar-refractivity contribution is 6.04. The monoisotopic (exact) mass is 368 g/mol. The Morgan fingerprint density at radius 3 is 2.44 bits per heavy atom. The van der Waals surface area contributed by atoms with Crippen molar-refractivity contribution in [2.75, 3.05) is 12.4 Å². The normalized spacial score (nSPS) is 12.2. The number of nitrogens with one attached hydrogen (secondary N) is 2. The Balaban J connectivity index is 2.08. The summed E-state index contributed by atoms with van der Waals surface area (Å²) in [6, 6.07) is 14.8. The zero-order chi connectivity index (χ0) is 20.0. The molecule has 0 aliphatic carbocycles. The molecule has 0 aliphatic heterocycles. The van der Waals surface area contributed by atoms with E-state index >= 15 is 0 Å². The van der Waals surface area contributed by atoms with Crippen LogP contribution < -0.4 is 15.4 Å². The second kappa shape index (κ2) is 8.71. The van der Waals surface area contributed by atoms with E-state index in [1.807, 2.05) is 52.0 Å². The number of anilines is 1. The third-order valence-corrected chi connectivity index (χ3v) is 4.15. The Hall–Kier alpha value is -2.82. The van der Waals surface area contributed by atoms with Gasteiger partial charge < -0.3 is 15.4 Å². The molecular weight excluding hydrogens is 340 g/mol. The van der Waals surface area contributed by atoms with Gasteiger partial charge >= 0.3 is 0 Å². The van der Waals surface area contributed by atoms with E-state index < -0.39 is 5.41 Å². The Bertz CT molecular complexity index is 809. The lowest BCUT2D eigenvalue weighted by Gasteiger charge is -2.20. The SMILES string of the molecule is COc1cccc(CC(C)NC(=O)c2ccccc2NC(=O)C(C)(C)C)c1. The van der Waals surface area contributed by atoms with E-state index in [2.05, 4.69) is 10.6 Å². The lowest BCUT2D eigenvalue weighted by Crippen LogP contribution is -2.35. The Labute approximate surface area is 161 Å². The molecule has 5 nitrogen and oxygen atoms in total. The van der Waals surface area contributed by atoms with Crippen LogP contribution in [-0.4, -0.2) is 25.0 Å². The first-order valence-corrected chi connectivity index (χ1v) is 9.05. The summed E-state index contributed by atoms with van der Waals surface area (Å²) in [5.41, 5.74) is 1.51. The summed E-state index contributed by atoms with van der Waals surface area (Å²) in [5, 5.41) is 5.86. The fraction of sp³-hybridized carbons (Fsp3) is 0.364. The van der Waals surface area contributed by atoms with Crippen molar-refractivity contribution in [2.24, 2.45) is 5.41 Å². The highest BCUT2D eigenvalue weighted by Gasteiger charge is 2.23. The van der Waals surface area contributed by atoms with Gasteiger partial charge in [-0.15, -0.1) is 0 Å². The molecule has 2 aromatic rings. The van der Waals surface area contributed by atoms with Crippen molar-refractivity contribution in [2.45, 2.75) is 40.2 Å². The zero-order valence-electron chi connectivity index (χ0n) is 16.6. The summed E-state index contributed by atoms with van der Waals surface area (Å²) < 4.78 is 5.24. The summed E-state index contributed by atoms with van der Waals surface area (Å²) in [7, 11) is 1.63. The molecule has 27 heavy (non-hydrogen) atoms. The van der Waals surface area contributed by atoms with Crippen LogP contribution in [0.5, 0.6) is 5.75 Å². The van der Waals surface area contributed by atoms with E-state index in [4.69, 9.17) is 4.74 Å². The number of methoxy groups -OCH3 is 1. The molecule has 1 atom stereocenters. The van der Waals surface area contributed by atoms with Crippen molar-refractivity contribution >= 4 is 17.5 Å². The molecule has 0 radical (unpaired) electrons. The topological polar surface area (TPSA) is 67.4 Å². The first-order valence-electron chi connectivity index (χ1n) is 9.05. The number of para-hydroxylation sites is 1. The molecule has 2 amide bonds. The van der Waals surface area contributed by atoms with Crippen molar-refractivity contribution in [1.29, 1.82) is 0 Å². The average molecular weight is 368 g/mol. The van der Waals surface area contributed by atoms with E-state index in [1.54, 1.807) is 31.4 Å². The first-order chi connectivity index (χ1) is 12.7. The molecule has 0 spiro atoms. The number of carbonyl (C=O) groups excluding carboxylic acids is 2. The standard InChI is InChI=1S/C22H28N2O3/c1-15(13-16-9-8-10-17(14-16)27-5)23-20(25)18-11-6-7-12-19(18)24-21(26)22(2,3)4/h6-12,14-15H,13H2,1-5H3,(H,23,25)(H,24,26). The summed E-state index contributed by atoms with van der Waals surface area (Å²) >= 11 is 0. The largest absolute Gasteiger partial charge is 0.497 e. The lowest BCUT2D eigenvalue weighted by molar-refractivity contribution is -0.123. The highest BCUT2D eigenvalue weighted by Crippen LogP contribution is 2.21. The van der Waals surface area contributed by atoms with E-state index in [0.29, 0.717) is 17.7 Å². The van der Waals surface area contributed by atoms with Crippen LogP contribution in [0.25, 0.3) is 0 Å². The number of benzene rings is 2. The smallest absolute Gasteiger partial charge is 0.253 e. The van der Waals surface area contributed by atoms with E-state index in [-0.39, 0.29) is 17.9 Å². The Morgan fingerprint density at radius 1 is 1.07 bits per heavy atom. The molecule has 0 fully saturated rings. The van der Waals surface area contributed by atoms with Gasteiger partial charge in [0.05, 0.1) is 18.4 Å². The minimum Gasteiger partial charge on any atom is -0.497 e. The average Bonchev–Trinajstić information content (AvgIpc) is 2.61. The number of amides is 2. The van der Waals surface area contributed by atoms with Crippen molar-refractivity contribution in [3.8, 4) is 5.75 Å². The van der Waals surface area contributed by atoms with E-state index in [9.17, 15) is 9.59 Å². The van der Waals surface area contributed by atoms with Crippen LogP contribution in [0.4, 0.5) is 5.69 Å². The molecule has 2 rings (SSSR count). The summed E-state index contributed by atoms with van der Waals surface area (Å²) in [4.78, 5) is 25.0. The maximum Gasteiger partial charge on any atom is 0.253 e. The predicted molar refractivity (Wildman–Crippen MR) is 108 cm³/mol. The lowest BCUT2D eigenvalue weighted by atomic mass is 9.95. The highest BCUT2D eigenvalue weighted by atomic mass is 16.5. The molecular formula is C22H28N2O3. The van der Waals surface area contributed by atoms with Crippen LogP contribution in [0.2, 0.25) is 0 Å². The first kappa shape index (κ1) is 20.5. The number of carbonyl (C=O) groups is 2. The molecule has 0 saturated heterocycles. The number of ether oxygens (including phenoxy) is 1. The van der Waals surface area contributed by atoms with Crippen molar-refractivity contribution in [1.82, 2.24) is 5.32 Å². The van der Waals surface area contributed by atoms with Crippen molar-refractivity contribution in [3.05, 3.63) is 59.7 Å². The second-order valence-corrected chi connectivity index (χ2v) is 7.68. The number of hydrogen-bond acceptors (Lipinski definition) is 3. The zero-order valence-corrected chi connectivity index (χ0v) is 16.6. The van der Waals surface area contributed by atoms with Gasteiger partial charge in [-0.1, -0.05) is 45.0 Å². The second-order valence-electron chi connectivity index (χ2n) is 7.68. The van der Waals surface area contributed by atoms with Gasteiger partial charge in [0.2, 0.25) is 5.91 Å². The molecule has 2 N–H and O–H groups in total. The Morgan fingerprint density at radius 2 is 1.78 bits per heavy atom. The molecule has 0 saturated carbocycles. The molecule has 0 aliphatic rings. The molecule has 0 heterocycles. The van der Waals surface area contributed by atoms with Crippen LogP contribution in [0, 0.1) is 5.41 Å². The predicted octanol–water partition coefficient (Wildman–Crippen LogP) is 4.04. The quantitative estimate of drug-likeness (QED) is 0.809. The van der Waals surface area contributed by atoms with Gasteiger partial charge in [0.25, 0.3) is 5.91 Å². The van der Waals surface area contributed by atoms with E-state index in [1.165, 1.54) is 0 Å². The Kier molecular flexibility index (Phi) is 6.61. The van der Waals surface area contributed by atoms with Crippen LogP contribution >= 0.6 is 0 Å². The minimum atomic E-state index is -0.538. The summed E-state index contributed by atoms with van der Waals surface area (Å²) in [6.45, 7) is 7.46. The van der Waals surface area contributed by atoms with Gasteiger partial charge in [0.15, 0.2) is 0 Å². The number of rotatable bonds is 6. The minimum absolute atomic E-state index is 0.0732. The molecule has 1 unspecified atom stereocenters.